The highest BCUT2D eigenvalue weighted by Gasteiger charge is 2.44. The zero-order valence-electron chi connectivity index (χ0n) is 39.5. The van der Waals surface area contributed by atoms with E-state index in [1.54, 1.807) is 0 Å². The topological polar surface area (TPSA) is 149 Å². The number of hydrogen-bond acceptors (Lipinski definition) is 8. The lowest BCUT2D eigenvalue weighted by Gasteiger charge is -2.40. The zero-order chi connectivity index (χ0) is 43.7. The molecule has 9 heteroatoms. The van der Waals surface area contributed by atoms with Crippen LogP contribution < -0.4 is 5.32 Å². The monoisotopic (exact) mass is 856 g/mol. The molecule has 0 saturated carbocycles. The molecule has 7 atom stereocenters. The van der Waals surface area contributed by atoms with E-state index in [1.165, 1.54) is 199 Å². The minimum atomic E-state index is -1.55. The van der Waals surface area contributed by atoms with Gasteiger partial charge in [0, 0.05) is 6.42 Å². The number of hydrogen-bond donors (Lipinski definition) is 6. The Kier molecular flexibility index (Phi) is 40.2. The molecule has 0 spiro atoms. The molecule has 7 unspecified atom stereocenters. The van der Waals surface area contributed by atoms with Crippen LogP contribution in [0.2, 0.25) is 0 Å². The smallest absolute Gasteiger partial charge is 0.220 e. The summed E-state index contributed by atoms with van der Waals surface area (Å²) in [5.74, 6) is -0.150. The zero-order valence-corrected chi connectivity index (χ0v) is 39.5. The molecule has 1 aliphatic heterocycles. The Morgan fingerprint density at radius 2 is 0.833 bits per heavy atom. The van der Waals surface area contributed by atoms with Gasteiger partial charge in [-0.25, -0.2) is 0 Å². The third-order valence-corrected chi connectivity index (χ3v) is 13.0. The Labute approximate surface area is 370 Å². The van der Waals surface area contributed by atoms with Crippen LogP contribution in [0.15, 0.2) is 0 Å². The molecule has 60 heavy (non-hydrogen) atoms. The second-order valence-electron chi connectivity index (χ2n) is 18.7. The molecule has 9 nitrogen and oxygen atoms in total. The van der Waals surface area contributed by atoms with E-state index in [2.05, 4.69) is 19.2 Å². The van der Waals surface area contributed by atoms with Crippen LogP contribution in [0, 0.1) is 0 Å². The first-order valence-corrected chi connectivity index (χ1v) is 26.2. The van der Waals surface area contributed by atoms with E-state index in [1.807, 2.05) is 0 Å². The molecule has 0 aromatic carbocycles. The summed E-state index contributed by atoms with van der Waals surface area (Å²) in [6.07, 6.45) is 41.9. The van der Waals surface area contributed by atoms with E-state index < -0.39 is 49.5 Å². The molecule has 1 fully saturated rings. The predicted octanol–water partition coefficient (Wildman–Crippen LogP) is 11.9. The van der Waals surface area contributed by atoms with Gasteiger partial charge in [-0.2, -0.15) is 0 Å². The standard InChI is InChI=1S/C51H101NO8/c1-3-5-7-9-11-12-13-14-15-16-17-18-19-20-21-22-23-24-25-26-27-28-29-30-31-32-33-34-35-36-38-40-45(54)44(52-47(55)41-39-37-10-8-6-4-2)43-59-51-50(58)49(57)48(56)46(42-53)60-51/h44-46,48-51,53-54,56-58H,3-43H2,1-2H3,(H,52,55). The van der Waals surface area contributed by atoms with Gasteiger partial charge in [0.1, 0.15) is 24.4 Å². The fourth-order valence-corrected chi connectivity index (χ4v) is 8.75. The van der Waals surface area contributed by atoms with Gasteiger partial charge in [-0.15, -0.1) is 0 Å². The maximum absolute atomic E-state index is 12.8. The molecule has 0 aliphatic carbocycles. The summed E-state index contributed by atoms with van der Waals surface area (Å²) < 4.78 is 11.2. The number of unbranched alkanes of at least 4 members (excludes halogenated alkanes) is 35. The molecule has 0 aromatic rings. The fourth-order valence-electron chi connectivity index (χ4n) is 8.75. The summed E-state index contributed by atoms with van der Waals surface area (Å²) in [5, 5.41) is 54.2. The van der Waals surface area contributed by atoms with E-state index in [9.17, 15) is 30.3 Å². The maximum Gasteiger partial charge on any atom is 0.220 e. The highest BCUT2D eigenvalue weighted by atomic mass is 16.7. The Hall–Kier alpha value is -0.810. The molecular formula is C51H101NO8. The normalized spacial score (nSPS) is 20.4. The first-order chi connectivity index (χ1) is 29.3. The van der Waals surface area contributed by atoms with Gasteiger partial charge in [0.25, 0.3) is 0 Å². The SMILES string of the molecule is CCCCCCCCCCCCCCCCCCCCCCCCCCCCCCCCCC(O)C(COC1OC(CO)C(O)C(O)C1O)NC(=O)CCCCCCCC. The molecule has 0 bridgehead atoms. The first kappa shape index (κ1) is 57.2. The summed E-state index contributed by atoms with van der Waals surface area (Å²) in [6.45, 7) is 3.79. The van der Waals surface area contributed by atoms with Crippen LogP contribution in [0.1, 0.15) is 264 Å². The first-order valence-electron chi connectivity index (χ1n) is 26.2. The van der Waals surface area contributed by atoms with Gasteiger partial charge < -0.3 is 40.3 Å². The summed E-state index contributed by atoms with van der Waals surface area (Å²) >= 11 is 0. The summed E-state index contributed by atoms with van der Waals surface area (Å²) in [7, 11) is 0. The molecule has 1 heterocycles. The highest BCUT2D eigenvalue weighted by Crippen LogP contribution is 2.23. The lowest BCUT2D eigenvalue weighted by molar-refractivity contribution is -0.302. The number of rotatable bonds is 45. The van der Waals surface area contributed by atoms with Crippen molar-refractivity contribution in [2.45, 2.75) is 307 Å². The van der Waals surface area contributed by atoms with Crippen molar-refractivity contribution in [1.29, 1.82) is 0 Å². The lowest BCUT2D eigenvalue weighted by Crippen LogP contribution is -2.60. The number of nitrogens with one attached hydrogen (secondary N) is 1. The Bertz CT molecular complexity index is 908. The average molecular weight is 856 g/mol. The Morgan fingerprint density at radius 3 is 1.18 bits per heavy atom. The van der Waals surface area contributed by atoms with Crippen molar-refractivity contribution in [1.82, 2.24) is 5.32 Å². The Balaban J connectivity index is 2.03. The molecule has 1 rings (SSSR count). The van der Waals surface area contributed by atoms with Gasteiger partial charge in [0.15, 0.2) is 6.29 Å². The quantitative estimate of drug-likeness (QED) is 0.0332. The largest absolute Gasteiger partial charge is 0.394 e. The number of aliphatic hydroxyl groups excluding tert-OH is 5. The van der Waals surface area contributed by atoms with Gasteiger partial charge >= 0.3 is 0 Å². The van der Waals surface area contributed by atoms with Gasteiger partial charge in [0.05, 0.1) is 25.4 Å². The fraction of sp³-hybridized carbons (Fsp3) is 0.980. The molecule has 1 amide bonds. The van der Waals surface area contributed by atoms with Gasteiger partial charge in [0.2, 0.25) is 5.91 Å². The van der Waals surface area contributed by atoms with Gasteiger partial charge in [-0.1, -0.05) is 245 Å². The number of amides is 1. The third kappa shape index (κ3) is 31.9. The van der Waals surface area contributed by atoms with Crippen LogP contribution in [0.4, 0.5) is 0 Å². The van der Waals surface area contributed by atoms with Crippen molar-refractivity contribution in [2.75, 3.05) is 13.2 Å². The van der Waals surface area contributed by atoms with E-state index in [0.29, 0.717) is 12.8 Å². The van der Waals surface area contributed by atoms with Crippen molar-refractivity contribution in [3.8, 4) is 0 Å². The van der Waals surface area contributed by atoms with Crippen LogP contribution >= 0.6 is 0 Å². The molecule has 1 saturated heterocycles. The molecule has 358 valence electrons. The minimum absolute atomic E-state index is 0.133. The molecule has 1 aliphatic rings. The maximum atomic E-state index is 12.8. The third-order valence-electron chi connectivity index (χ3n) is 13.0. The predicted molar refractivity (Wildman–Crippen MR) is 249 cm³/mol. The van der Waals surface area contributed by atoms with Crippen molar-refractivity contribution in [3.05, 3.63) is 0 Å². The van der Waals surface area contributed by atoms with Crippen LogP contribution in [-0.2, 0) is 14.3 Å². The summed E-state index contributed by atoms with van der Waals surface area (Å²) in [5.41, 5.74) is 0. The molecule has 6 N–H and O–H groups in total. The number of carbonyl (C=O) groups excluding carboxylic acids is 1. The molecule has 0 aromatic heterocycles. The molecular weight excluding hydrogens is 755 g/mol. The number of aliphatic hydroxyl groups is 5. The average Bonchev–Trinajstić information content (AvgIpc) is 3.25. The van der Waals surface area contributed by atoms with Crippen molar-refractivity contribution < 1.29 is 39.8 Å². The summed E-state index contributed by atoms with van der Waals surface area (Å²) in [6, 6.07) is -0.710. The van der Waals surface area contributed by atoms with E-state index in [-0.39, 0.29) is 12.5 Å². The van der Waals surface area contributed by atoms with Crippen LogP contribution in [0.25, 0.3) is 0 Å². The van der Waals surface area contributed by atoms with E-state index in [0.717, 1.165) is 38.5 Å². The van der Waals surface area contributed by atoms with Crippen LogP contribution in [0.5, 0.6) is 0 Å². The second kappa shape index (κ2) is 42.2. The van der Waals surface area contributed by atoms with Crippen molar-refractivity contribution in [3.63, 3.8) is 0 Å². The highest BCUT2D eigenvalue weighted by molar-refractivity contribution is 5.76. The van der Waals surface area contributed by atoms with Gasteiger partial charge in [-0.05, 0) is 12.8 Å². The van der Waals surface area contributed by atoms with Crippen molar-refractivity contribution >= 4 is 5.91 Å². The van der Waals surface area contributed by atoms with Crippen LogP contribution in [-0.4, -0.2) is 87.5 Å². The number of carbonyl (C=O) groups is 1. The van der Waals surface area contributed by atoms with Crippen LogP contribution in [0.3, 0.4) is 0 Å². The number of ether oxygens (including phenoxy) is 2. The lowest BCUT2D eigenvalue weighted by atomic mass is 9.99. The van der Waals surface area contributed by atoms with E-state index >= 15 is 0 Å². The molecule has 0 radical (unpaired) electrons. The van der Waals surface area contributed by atoms with Crippen molar-refractivity contribution in [2.24, 2.45) is 0 Å². The second-order valence-corrected chi connectivity index (χ2v) is 18.7. The summed E-state index contributed by atoms with van der Waals surface area (Å²) in [4.78, 5) is 12.8. The van der Waals surface area contributed by atoms with Gasteiger partial charge in [-0.3, -0.25) is 4.79 Å². The Morgan fingerprint density at radius 1 is 0.500 bits per heavy atom. The van der Waals surface area contributed by atoms with E-state index in [4.69, 9.17) is 9.47 Å². The minimum Gasteiger partial charge on any atom is -0.394 e.